The van der Waals surface area contributed by atoms with Gasteiger partial charge in [-0.1, -0.05) is 0 Å². The Balaban J connectivity index is 2.32. The third-order valence-electron chi connectivity index (χ3n) is 3.62. The number of aryl methyl sites for hydroxylation is 3. The fourth-order valence-electron chi connectivity index (χ4n) is 2.48. The molecule has 0 aliphatic rings. The van der Waals surface area contributed by atoms with Gasteiger partial charge in [0, 0.05) is 24.4 Å². The zero-order valence-electron chi connectivity index (χ0n) is 12.4. The van der Waals surface area contributed by atoms with Crippen LogP contribution in [0, 0.1) is 32.4 Å². The van der Waals surface area contributed by atoms with Crippen molar-refractivity contribution in [1.29, 1.82) is 0 Å². The van der Waals surface area contributed by atoms with E-state index in [0.717, 1.165) is 17.0 Å². The fourth-order valence-corrected chi connectivity index (χ4v) is 2.48. The van der Waals surface area contributed by atoms with Crippen molar-refractivity contribution in [2.45, 2.75) is 33.7 Å². The van der Waals surface area contributed by atoms with Crippen LogP contribution < -0.4 is 5.32 Å². The number of benzene rings is 1. The van der Waals surface area contributed by atoms with Gasteiger partial charge in [0.15, 0.2) is 0 Å². The highest BCUT2D eigenvalue weighted by molar-refractivity contribution is 5.49. The fraction of sp³-hybridized carbons (Fsp3) is 0.400. The number of rotatable bonds is 3. The number of aromatic nitrogens is 2. The van der Waals surface area contributed by atoms with E-state index in [2.05, 4.69) is 10.4 Å². The van der Waals surface area contributed by atoms with Crippen LogP contribution >= 0.6 is 0 Å². The minimum absolute atomic E-state index is 0.152. The maximum Gasteiger partial charge on any atom is 0.146 e. The van der Waals surface area contributed by atoms with Crippen LogP contribution in [0.25, 0.3) is 0 Å². The first-order valence-electron chi connectivity index (χ1n) is 6.53. The second-order valence-corrected chi connectivity index (χ2v) is 5.16. The second-order valence-electron chi connectivity index (χ2n) is 5.16. The van der Waals surface area contributed by atoms with Crippen LogP contribution in [0.1, 0.15) is 35.5 Å². The summed E-state index contributed by atoms with van der Waals surface area (Å²) in [6.45, 7) is 7.32. The molecule has 1 aromatic carbocycles. The van der Waals surface area contributed by atoms with Crippen molar-refractivity contribution in [1.82, 2.24) is 9.78 Å². The summed E-state index contributed by atoms with van der Waals surface area (Å²) in [5, 5.41) is 7.36. The molecule has 108 valence electrons. The Morgan fingerprint density at radius 3 is 2.35 bits per heavy atom. The van der Waals surface area contributed by atoms with Crippen LogP contribution in [0.3, 0.4) is 0 Å². The number of nitrogens with one attached hydrogen (secondary N) is 1. The highest BCUT2D eigenvalue weighted by Gasteiger charge is 2.18. The zero-order valence-corrected chi connectivity index (χ0v) is 12.4. The van der Waals surface area contributed by atoms with E-state index in [0.29, 0.717) is 5.56 Å². The van der Waals surface area contributed by atoms with E-state index < -0.39 is 11.6 Å². The Hall–Kier alpha value is -1.91. The standard InChI is InChI=1S/C15H19F2N3/c1-8-6-13(17)14(7-12(8)16)18-9(2)15-10(3)19-20(5)11(15)4/h6-7,9,18H,1-5H3. The van der Waals surface area contributed by atoms with Crippen LogP contribution in [0.15, 0.2) is 12.1 Å². The largest absolute Gasteiger partial charge is 0.376 e. The Morgan fingerprint density at radius 1 is 1.15 bits per heavy atom. The minimum atomic E-state index is -0.449. The van der Waals surface area contributed by atoms with Gasteiger partial charge in [0.2, 0.25) is 0 Å². The summed E-state index contributed by atoms with van der Waals surface area (Å²) in [6, 6.07) is 2.25. The van der Waals surface area contributed by atoms with E-state index in [9.17, 15) is 8.78 Å². The molecule has 0 aliphatic heterocycles. The van der Waals surface area contributed by atoms with Crippen LogP contribution in [0.5, 0.6) is 0 Å². The Morgan fingerprint density at radius 2 is 1.80 bits per heavy atom. The van der Waals surface area contributed by atoms with Crippen molar-refractivity contribution in [2.24, 2.45) is 7.05 Å². The van der Waals surface area contributed by atoms with E-state index in [1.807, 2.05) is 27.8 Å². The lowest BCUT2D eigenvalue weighted by atomic mass is 10.1. The molecule has 5 heteroatoms. The van der Waals surface area contributed by atoms with Gasteiger partial charge in [-0.05, 0) is 39.3 Å². The SMILES string of the molecule is Cc1cc(F)c(NC(C)c2c(C)nn(C)c2C)cc1F. The van der Waals surface area contributed by atoms with Crippen molar-refractivity contribution in [3.05, 3.63) is 46.3 Å². The molecule has 2 rings (SSSR count). The maximum atomic E-state index is 13.9. The van der Waals surface area contributed by atoms with Crippen molar-refractivity contribution >= 4 is 5.69 Å². The van der Waals surface area contributed by atoms with Crippen molar-refractivity contribution in [3.8, 4) is 0 Å². The number of halogens is 2. The smallest absolute Gasteiger partial charge is 0.146 e. The number of anilines is 1. The van der Waals surface area contributed by atoms with Crippen LogP contribution in [0.2, 0.25) is 0 Å². The van der Waals surface area contributed by atoms with E-state index in [4.69, 9.17) is 0 Å². The van der Waals surface area contributed by atoms with Crippen LogP contribution in [0.4, 0.5) is 14.5 Å². The molecule has 0 aliphatic carbocycles. The van der Waals surface area contributed by atoms with E-state index >= 15 is 0 Å². The molecule has 0 fully saturated rings. The van der Waals surface area contributed by atoms with Gasteiger partial charge >= 0.3 is 0 Å². The quantitative estimate of drug-likeness (QED) is 0.926. The minimum Gasteiger partial charge on any atom is -0.376 e. The normalized spacial score (nSPS) is 12.6. The molecule has 1 unspecified atom stereocenters. The third-order valence-corrected chi connectivity index (χ3v) is 3.62. The van der Waals surface area contributed by atoms with E-state index in [-0.39, 0.29) is 11.7 Å². The molecule has 0 saturated carbocycles. The van der Waals surface area contributed by atoms with Crippen molar-refractivity contribution in [3.63, 3.8) is 0 Å². The number of hydrogen-bond donors (Lipinski definition) is 1. The summed E-state index contributed by atoms with van der Waals surface area (Å²) in [6.07, 6.45) is 0. The summed E-state index contributed by atoms with van der Waals surface area (Å²) in [4.78, 5) is 0. The number of hydrogen-bond acceptors (Lipinski definition) is 2. The zero-order chi connectivity index (χ0) is 15.0. The predicted molar refractivity (Wildman–Crippen MR) is 75.8 cm³/mol. The highest BCUT2D eigenvalue weighted by atomic mass is 19.1. The van der Waals surface area contributed by atoms with Crippen LogP contribution in [-0.4, -0.2) is 9.78 Å². The van der Waals surface area contributed by atoms with Crippen molar-refractivity contribution in [2.75, 3.05) is 5.32 Å². The van der Waals surface area contributed by atoms with E-state index in [1.54, 1.807) is 11.6 Å². The first kappa shape index (κ1) is 14.5. The number of nitrogens with zero attached hydrogens (tertiary/aromatic N) is 2. The Labute approximate surface area is 117 Å². The van der Waals surface area contributed by atoms with Crippen molar-refractivity contribution < 1.29 is 8.78 Å². The Bertz CT molecular complexity index is 647. The first-order chi connectivity index (χ1) is 9.31. The Kier molecular flexibility index (Phi) is 3.79. The topological polar surface area (TPSA) is 29.9 Å². The molecule has 2 aromatic rings. The molecule has 0 spiro atoms. The van der Waals surface area contributed by atoms with Crippen LogP contribution in [-0.2, 0) is 7.05 Å². The average Bonchev–Trinajstić information content (AvgIpc) is 2.60. The molecule has 1 N–H and O–H groups in total. The summed E-state index contributed by atoms with van der Waals surface area (Å²) >= 11 is 0. The molecule has 0 saturated heterocycles. The van der Waals surface area contributed by atoms with E-state index in [1.165, 1.54) is 12.1 Å². The molecule has 1 heterocycles. The molecule has 0 amide bonds. The maximum absolute atomic E-state index is 13.9. The lowest BCUT2D eigenvalue weighted by molar-refractivity contribution is 0.592. The summed E-state index contributed by atoms with van der Waals surface area (Å²) in [5.74, 6) is -0.865. The average molecular weight is 279 g/mol. The van der Waals surface area contributed by atoms with Gasteiger partial charge in [-0.15, -0.1) is 0 Å². The molecular formula is C15H19F2N3. The third kappa shape index (κ3) is 2.53. The lowest BCUT2D eigenvalue weighted by Gasteiger charge is -2.17. The summed E-state index contributed by atoms with van der Waals surface area (Å²) in [5.41, 5.74) is 3.37. The second kappa shape index (κ2) is 5.23. The molecular weight excluding hydrogens is 260 g/mol. The molecule has 20 heavy (non-hydrogen) atoms. The molecule has 1 atom stereocenters. The van der Waals surface area contributed by atoms with Gasteiger partial charge in [-0.3, -0.25) is 4.68 Å². The molecule has 1 aromatic heterocycles. The highest BCUT2D eigenvalue weighted by Crippen LogP contribution is 2.27. The predicted octanol–water partition coefficient (Wildman–Crippen LogP) is 3.80. The van der Waals surface area contributed by atoms with Gasteiger partial charge in [0.25, 0.3) is 0 Å². The summed E-state index contributed by atoms with van der Waals surface area (Å²) < 4.78 is 29.2. The van der Waals surface area contributed by atoms with Gasteiger partial charge in [-0.25, -0.2) is 8.78 Å². The first-order valence-corrected chi connectivity index (χ1v) is 6.53. The molecule has 0 radical (unpaired) electrons. The van der Waals surface area contributed by atoms with Gasteiger partial charge < -0.3 is 5.32 Å². The van der Waals surface area contributed by atoms with Gasteiger partial charge in [0.05, 0.1) is 17.4 Å². The summed E-state index contributed by atoms with van der Waals surface area (Å²) in [7, 11) is 1.87. The molecule has 0 bridgehead atoms. The molecule has 3 nitrogen and oxygen atoms in total. The monoisotopic (exact) mass is 279 g/mol. The van der Waals surface area contributed by atoms with Gasteiger partial charge in [0.1, 0.15) is 11.6 Å². The lowest BCUT2D eigenvalue weighted by Crippen LogP contribution is -2.10. The van der Waals surface area contributed by atoms with Gasteiger partial charge in [-0.2, -0.15) is 5.10 Å².